The first kappa shape index (κ1) is 26.0. The molecule has 190 valence electrons. The molecule has 1 heterocycles. The number of esters is 1. The maximum Gasteiger partial charge on any atom is 0.338 e. The number of amides is 2. The molecule has 0 spiro atoms. The van der Waals surface area contributed by atoms with Crippen LogP contribution in [0.1, 0.15) is 34.8 Å². The van der Waals surface area contributed by atoms with E-state index in [1.54, 1.807) is 36.1 Å². The van der Waals surface area contributed by atoms with Crippen LogP contribution in [0.15, 0.2) is 84.9 Å². The standard InChI is InChI=1S/C29H29N3O4S/c1-2-36-28(35)23-13-15-24(16-14-23)30-26(33)19-25-27(34)32(20-22-11-7-4-8-12-22)29(37)31(25)18-17-21-9-5-3-6-10-21/h3-16,25H,2,17-20H2,1H3,(H,30,33)/t25-/m0/s1. The Bertz CT molecular complexity index is 1250. The number of rotatable bonds is 10. The van der Waals surface area contributed by atoms with E-state index in [0.29, 0.717) is 35.9 Å². The van der Waals surface area contributed by atoms with E-state index >= 15 is 0 Å². The lowest BCUT2D eigenvalue weighted by Crippen LogP contribution is -2.39. The van der Waals surface area contributed by atoms with Gasteiger partial charge in [0.15, 0.2) is 5.11 Å². The summed E-state index contributed by atoms with van der Waals surface area (Å²) in [6, 6.07) is 25.4. The Hall–Kier alpha value is -4.04. The summed E-state index contributed by atoms with van der Waals surface area (Å²) in [7, 11) is 0. The van der Waals surface area contributed by atoms with Crippen molar-refractivity contribution >= 4 is 40.8 Å². The van der Waals surface area contributed by atoms with E-state index in [1.165, 1.54) is 0 Å². The molecule has 1 atom stereocenters. The normalized spacial score (nSPS) is 15.1. The molecule has 0 radical (unpaired) electrons. The molecular weight excluding hydrogens is 486 g/mol. The van der Waals surface area contributed by atoms with Gasteiger partial charge in [0.05, 0.1) is 25.1 Å². The Balaban J connectivity index is 1.47. The number of hydrogen-bond acceptors (Lipinski definition) is 5. The van der Waals surface area contributed by atoms with Gasteiger partial charge in [0, 0.05) is 12.2 Å². The van der Waals surface area contributed by atoms with E-state index < -0.39 is 12.0 Å². The highest BCUT2D eigenvalue weighted by Gasteiger charge is 2.43. The third-order valence-electron chi connectivity index (χ3n) is 6.13. The van der Waals surface area contributed by atoms with Crippen LogP contribution in [0.4, 0.5) is 5.69 Å². The molecule has 1 N–H and O–H groups in total. The Morgan fingerprint density at radius 1 is 0.919 bits per heavy atom. The first-order valence-electron chi connectivity index (χ1n) is 12.2. The number of benzene rings is 3. The maximum absolute atomic E-state index is 13.5. The highest BCUT2D eigenvalue weighted by Crippen LogP contribution is 2.24. The second kappa shape index (κ2) is 12.3. The number of thiocarbonyl (C=S) groups is 1. The van der Waals surface area contributed by atoms with Crippen molar-refractivity contribution in [3.63, 3.8) is 0 Å². The lowest BCUT2D eigenvalue weighted by atomic mass is 10.1. The van der Waals surface area contributed by atoms with E-state index in [1.807, 2.05) is 65.6 Å². The molecule has 4 rings (SSSR count). The topological polar surface area (TPSA) is 78.9 Å². The summed E-state index contributed by atoms with van der Waals surface area (Å²) in [5, 5.41) is 3.26. The van der Waals surface area contributed by atoms with Gasteiger partial charge in [0.1, 0.15) is 6.04 Å². The summed E-state index contributed by atoms with van der Waals surface area (Å²) in [6.45, 7) is 2.91. The zero-order chi connectivity index (χ0) is 26.2. The van der Waals surface area contributed by atoms with Crippen molar-refractivity contribution in [1.82, 2.24) is 9.80 Å². The fraction of sp³-hybridized carbons (Fsp3) is 0.241. The van der Waals surface area contributed by atoms with Crippen molar-refractivity contribution in [3.8, 4) is 0 Å². The zero-order valence-corrected chi connectivity index (χ0v) is 21.4. The summed E-state index contributed by atoms with van der Waals surface area (Å²) < 4.78 is 4.99. The minimum Gasteiger partial charge on any atom is -0.462 e. The van der Waals surface area contributed by atoms with Gasteiger partial charge in [-0.2, -0.15) is 0 Å². The van der Waals surface area contributed by atoms with Gasteiger partial charge in [-0.1, -0.05) is 60.7 Å². The van der Waals surface area contributed by atoms with Crippen LogP contribution in [-0.4, -0.2) is 51.9 Å². The Morgan fingerprint density at radius 3 is 2.16 bits per heavy atom. The lowest BCUT2D eigenvalue weighted by Gasteiger charge is -2.24. The molecule has 8 heteroatoms. The van der Waals surface area contributed by atoms with Crippen LogP contribution in [0, 0.1) is 0 Å². The highest BCUT2D eigenvalue weighted by molar-refractivity contribution is 7.80. The molecule has 1 aliphatic heterocycles. The van der Waals surface area contributed by atoms with Crippen molar-refractivity contribution in [2.45, 2.75) is 32.4 Å². The van der Waals surface area contributed by atoms with Crippen molar-refractivity contribution in [2.24, 2.45) is 0 Å². The van der Waals surface area contributed by atoms with Crippen LogP contribution in [0.25, 0.3) is 0 Å². The summed E-state index contributed by atoms with van der Waals surface area (Å²) >= 11 is 5.73. The monoisotopic (exact) mass is 515 g/mol. The lowest BCUT2D eigenvalue weighted by molar-refractivity contribution is -0.131. The molecule has 3 aromatic carbocycles. The first-order chi connectivity index (χ1) is 18.0. The Kier molecular flexibility index (Phi) is 8.64. The molecule has 1 saturated heterocycles. The van der Waals surface area contributed by atoms with Crippen molar-refractivity contribution in [3.05, 3.63) is 102 Å². The van der Waals surface area contributed by atoms with E-state index in [-0.39, 0.29) is 24.8 Å². The van der Waals surface area contributed by atoms with Gasteiger partial charge in [-0.15, -0.1) is 0 Å². The van der Waals surface area contributed by atoms with Crippen LogP contribution in [0.5, 0.6) is 0 Å². The summed E-state index contributed by atoms with van der Waals surface area (Å²) in [5.41, 5.74) is 3.03. The molecule has 3 aromatic rings. The van der Waals surface area contributed by atoms with Crippen molar-refractivity contribution in [1.29, 1.82) is 0 Å². The average molecular weight is 516 g/mol. The molecular formula is C29H29N3O4S. The molecule has 0 bridgehead atoms. The van der Waals surface area contributed by atoms with Gasteiger partial charge in [-0.3, -0.25) is 14.5 Å². The predicted octanol–water partition coefficient (Wildman–Crippen LogP) is 4.43. The SMILES string of the molecule is CCOC(=O)c1ccc(NC(=O)C[C@H]2C(=O)N(Cc3ccccc3)C(=S)N2CCc2ccccc2)cc1. The van der Waals surface area contributed by atoms with Crippen LogP contribution < -0.4 is 5.32 Å². The minimum absolute atomic E-state index is 0.0430. The minimum atomic E-state index is -0.696. The van der Waals surface area contributed by atoms with E-state index in [0.717, 1.165) is 11.1 Å². The van der Waals surface area contributed by atoms with Crippen molar-refractivity contribution < 1.29 is 19.1 Å². The van der Waals surface area contributed by atoms with Gasteiger partial charge in [0.2, 0.25) is 5.91 Å². The Labute approximate surface area is 222 Å². The van der Waals surface area contributed by atoms with Crippen LogP contribution >= 0.6 is 12.2 Å². The number of carbonyl (C=O) groups excluding carboxylic acids is 3. The number of hydrogen-bond donors (Lipinski definition) is 1. The maximum atomic E-state index is 13.5. The van der Waals surface area contributed by atoms with Crippen LogP contribution in [0.3, 0.4) is 0 Å². The van der Waals surface area contributed by atoms with Crippen LogP contribution in [-0.2, 0) is 27.3 Å². The highest BCUT2D eigenvalue weighted by atomic mass is 32.1. The molecule has 37 heavy (non-hydrogen) atoms. The number of anilines is 1. The van der Waals surface area contributed by atoms with Gasteiger partial charge in [0.25, 0.3) is 5.91 Å². The second-order valence-electron chi connectivity index (χ2n) is 8.69. The third-order valence-corrected chi connectivity index (χ3v) is 6.59. The molecule has 7 nitrogen and oxygen atoms in total. The molecule has 0 saturated carbocycles. The average Bonchev–Trinajstić information content (AvgIpc) is 3.12. The van der Waals surface area contributed by atoms with E-state index in [4.69, 9.17) is 17.0 Å². The quantitative estimate of drug-likeness (QED) is 0.318. The summed E-state index contributed by atoms with van der Waals surface area (Å²) in [5.74, 6) is -0.913. The largest absolute Gasteiger partial charge is 0.462 e. The fourth-order valence-electron chi connectivity index (χ4n) is 4.24. The van der Waals surface area contributed by atoms with Gasteiger partial charge < -0.3 is 15.0 Å². The fourth-order valence-corrected chi connectivity index (χ4v) is 4.62. The van der Waals surface area contributed by atoms with Crippen molar-refractivity contribution in [2.75, 3.05) is 18.5 Å². The molecule has 0 aromatic heterocycles. The van der Waals surface area contributed by atoms with Gasteiger partial charge in [-0.25, -0.2) is 4.79 Å². The van der Waals surface area contributed by atoms with E-state index in [2.05, 4.69) is 5.32 Å². The second-order valence-corrected chi connectivity index (χ2v) is 9.05. The number of nitrogens with one attached hydrogen (secondary N) is 1. The van der Waals surface area contributed by atoms with Crippen LogP contribution in [0.2, 0.25) is 0 Å². The number of ether oxygens (including phenoxy) is 1. The molecule has 1 fully saturated rings. The molecule has 0 aliphatic carbocycles. The van der Waals surface area contributed by atoms with Gasteiger partial charge >= 0.3 is 5.97 Å². The summed E-state index contributed by atoms with van der Waals surface area (Å²) in [6.07, 6.45) is 0.652. The van der Waals surface area contributed by atoms with E-state index in [9.17, 15) is 14.4 Å². The summed E-state index contributed by atoms with van der Waals surface area (Å²) in [4.78, 5) is 41.8. The predicted molar refractivity (Wildman–Crippen MR) is 146 cm³/mol. The molecule has 1 aliphatic rings. The number of nitrogens with zero attached hydrogens (tertiary/aromatic N) is 2. The number of carbonyl (C=O) groups is 3. The third kappa shape index (κ3) is 6.59. The van der Waals surface area contributed by atoms with Gasteiger partial charge in [-0.05, 0) is 61.0 Å². The Morgan fingerprint density at radius 2 is 1.54 bits per heavy atom. The molecule has 0 unspecified atom stereocenters. The first-order valence-corrected chi connectivity index (χ1v) is 12.6. The molecule has 2 amide bonds. The smallest absolute Gasteiger partial charge is 0.338 e. The zero-order valence-electron chi connectivity index (χ0n) is 20.6.